The zero-order valence-corrected chi connectivity index (χ0v) is 8.55. The number of aromatic nitrogens is 1. The summed E-state index contributed by atoms with van der Waals surface area (Å²) in [6, 6.07) is 11.9. The van der Waals surface area contributed by atoms with Crippen molar-refractivity contribution in [2.75, 3.05) is 7.11 Å². The molecule has 0 N–H and O–H groups in total. The Kier molecular flexibility index (Phi) is 2.98. The highest BCUT2D eigenvalue weighted by Gasteiger charge is 1.96. The Labute approximate surface area is 89.6 Å². The van der Waals surface area contributed by atoms with Crippen molar-refractivity contribution in [2.45, 2.75) is 0 Å². The van der Waals surface area contributed by atoms with Gasteiger partial charge < -0.3 is 4.74 Å². The van der Waals surface area contributed by atoms with Crippen LogP contribution in [0.2, 0.25) is 0 Å². The number of hydrogen-bond acceptors (Lipinski definition) is 2. The van der Waals surface area contributed by atoms with Crippen molar-refractivity contribution in [2.24, 2.45) is 0 Å². The molecule has 0 amide bonds. The van der Waals surface area contributed by atoms with Gasteiger partial charge in [-0.25, -0.2) is 0 Å². The predicted molar refractivity (Wildman–Crippen MR) is 59.7 cm³/mol. The number of nitrogens with zero attached hydrogens (tertiary/aromatic N) is 1. The maximum atomic E-state index is 5.10. The van der Waals surface area contributed by atoms with Crippen LogP contribution in [-0.4, -0.2) is 12.1 Å². The molecule has 1 radical (unpaired) electrons. The average Bonchev–Trinajstić information content (AvgIpc) is 2.31. The molecule has 75 valence electrons. The van der Waals surface area contributed by atoms with Crippen LogP contribution in [0.3, 0.4) is 0 Å². The molecule has 1 heterocycles. The van der Waals surface area contributed by atoms with Crippen LogP contribution in [0.15, 0.2) is 48.8 Å². The first-order valence-corrected chi connectivity index (χ1v) is 4.77. The van der Waals surface area contributed by atoms with Gasteiger partial charge in [-0.3, -0.25) is 4.98 Å². The maximum Gasteiger partial charge on any atom is 0.118 e. The lowest BCUT2D eigenvalue weighted by Crippen LogP contribution is -1.86. The van der Waals surface area contributed by atoms with Crippen LogP contribution in [0.5, 0.6) is 5.75 Å². The first kappa shape index (κ1) is 9.71. The smallest absolute Gasteiger partial charge is 0.118 e. The molecule has 0 fully saturated rings. The highest BCUT2D eigenvalue weighted by Crippen LogP contribution is 2.15. The van der Waals surface area contributed by atoms with Crippen molar-refractivity contribution >= 4 is 0 Å². The fourth-order valence-corrected chi connectivity index (χ4v) is 1.35. The van der Waals surface area contributed by atoms with Gasteiger partial charge in [0, 0.05) is 18.8 Å². The van der Waals surface area contributed by atoms with Gasteiger partial charge in [-0.1, -0.05) is 12.1 Å². The predicted octanol–water partition coefficient (Wildman–Crippen LogP) is 2.69. The van der Waals surface area contributed by atoms with E-state index in [2.05, 4.69) is 11.4 Å². The molecule has 1 aromatic carbocycles. The van der Waals surface area contributed by atoms with Crippen molar-refractivity contribution in [3.8, 4) is 5.75 Å². The van der Waals surface area contributed by atoms with Gasteiger partial charge in [-0.05, 0) is 35.4 Å². The third-order valence-corrected chi connectivity index (χ3v) is 2.16. The minimum atomic E-state index is 0.877. The molecule has 2 heteroatoms. The fraction of sp³-hybridized carbons (Fsp3) is 0.0769. The first-order valence-electron chi connectivity index (χ1n) is 4.77. The third-order valence-electron chi connectivity index (χ3n) is 2.16. The summed E-state index contributed by atoms with van der Waals surface area (Å²) in [5.41, 5.74) is 2.30. The van der Waals surface area contributed by atoms with E-state index in [1.54, 1.807) is 19.5 Å². The van der Waals surface area contributed by atoms with Gasteiger partial charge in [-0.2, -0.15) is 0 Å². The van der Waals surface area contributed by atoms with Gasteiger partial charge in [0.1, 0.15) is 5.75 Å². The van der Waals surface area contributed by atoms with E-state index < -0.39 is 0 Å². The van der Waals surface area contributed by atoms with Gasteiger partial charge in [0.05, 0.1) is 7.11 Å². The maximum absolute atomic E-state index is 5.10. The van der Waals surface area contributed by atoms with Gasteiger partial charge in [-0.15, -0.1) is 0 Å². The Morgan fingerprint density at radius 2 is 1.53 bits per heavy atom. The number of pyridine rings is 1. The molecular weight excluding hydrogens is 186 g/mol. The van der Waals surface area contributed by atoms with Crippen molar-refractivity contribution in [1.29, 1.82) is 0 Å². The molecule has 15 heavy (non-hydrogen) atoms. The molecule has 0 atom stereocenters. The second-order valence-corrected chi connectivity index (χ2v) is 3.20. The Morgan fingerprint density at radius 3 is 2.13 bits per heavy atom. The van der Waals surface area contributed by atoms with Crippen LogP contribution < -0.4 is 4.74 Å². The van der Waals surface area contributed by atoms with Crippen molar-refractivity contribution in [3.05, 3.63) is 66.3 Å². The Hall–Kier alpha value is -1.83. The van der Waals surface area contributed by atoms with Crippen LogP contribution >= 0.6 is 0 Å². The number of ether oxygens (including phenoxy) is 1. The summed E-state index contributed by atoms with van der Waals surface area (Å²) in [5.74, 6) is 0.877. The molecule has 2 nitrogen and oxygen atoms in total. The lowest BCUT2D eigenvalue weighted by atomic mass is 10.1. The molecule has 0 spiro atoms. The summed E-state index contributed by atoms with van der Waals surface area (Å²) in [5, 5.41) is 0. The van der Waals surface area contributed by atoms with E-state index in [-0.39, 0.29) is 0 Å². The molecule has 2 rings (SSSR count). The summed E-state index contributed by atoms with van der Waals surface area (Å²) in [4.78, 5) is 3.97. The average molecular weight is 198 g/mol. The summed E-state index contributed by atoms with van der Waals surface area (Å²) in [7, 11) is 1.67. The van der Waals surface area contributed by atoms with Crippen LogP contribution in [-0.2, 0) is 0 Å². The zero-order chi connectivity index (χ0) is 10.5. The SMILES string of the molecule is COc1ccc([CH]c2ccncc2)cc1. The third kappa shape index (κ3) is 2.56. The molecule has 2 aromatic rings. The lowest BCUT2D eigenvalue weighted by molar-refractivity contribution is 0.414. The topological polar surface area (TPSA) is 22.1 Å². The van der Waals surface area contributed by atoms with Crippen molar-refractivity contribution in [3.63, 3.8) is 0 Å². The van der Waals surface area contributed by atoms with Crippen LogP contribution in [0.25, 0.3) is 0 Å². The molecule has 0 aliphatic heterocycles. The summed E-state index contributed by atoms with van der Waals surface area (Å²) >= 11 is 0. The van der Waals surface area contributed by atoms with Gasteiger partial charge in [0.2, 0.25) is 0 Å². The molecule has 0 unspecified atom stereocenters. The van der Waals surface area contributed by atoms with E-state index in [4.69, 9.17) is 4.74 Å². The van der Waals surface area contributed by atoms with E-state index in [9.17, 15) is 0 Å². The Balaban J connectivity index is 2.11. The summed E-state index contributed by atoms with van der Waals surface area (Å²) in [6.07, 6.45) is 5.67. The van der Waals surface area contributed by atoms with Crippen LogP contribution in [0.1, 0.15) is 11.1 Å². The molecule has 1 aromatic heterocycles. The monoisotopic (exact) mass is 198 g/mol. The standard InChI is InChI=1S/C13H12NO/c1-15-13-4-2-11(3-5-13)10-12-6-8-14-9-7-12/h2-10H,1H3. The normalized spacial score (nSPS) is 9.93. The largest absolute Gasteiger partial charge is 0.497 e. The summed E-state index contributed by atoms with van der Waals surface area (Å²) in [6.45, 7) is 0. The van der Waals surface area contributed by atoms with E-state index in [0.717, 1.165) is 16.9 Å². The Bertz CT molecular complexity index is 408. The molecule has 0 bridgehead atoms. The zero-order valence-electron chi connectivity index (χ0n) is 8.55. The van der Waals surface area contributed by atoms with Gasteiger partial charge >= 0.3 is 0 Å². The van der Waals surface area contributed by atoms with E-state index in [0.29, 0.717) is 0 Å². The fourth-order valence-electron chi connectivity index (χ4n) is 1.35. The van der Waals surface area contributed by atoms with Gasteiger partial charge in [0.25, 0.3) is 0 Å². The molecule has 0 saturated heterocycles. The van der Waals surface area contributed by atoms with Gasteiger partial charge in [0.15, 0.2) is 0 Å². The number of methoxy groups -OCH3 is 1. The lowest BCUT2D eigenvalue weighted by Gasteiger charge is -2.02. The second kappa shape index (κ2) is 4.60. The molecule has 0 aliphatic rings. The highest BCUT2D eigenvalue weighted by molar-refractivity contribution is 5.38. The Morgan fingerprint density at radius 1 is 0.933 bits per heavy atom. The second-order valence-electron chi connectivity index (χ2n) is 3.20. The van der Waals surface area contributed by atoms with Crippen LogP contribution in [0, 0.1) is 6.42 Å². The quantitative estimate of drug-likeness (QED) is 0.756. The van der Waals surface area contributed by atoms with Crippen molar-refractivity contribution in [1.82, 2.24) is 4.98 Å². The van der Waals surface area contributed by atoms with Crippen molar-refractivity contribution < 1.29 is 4.74 Å². The number of hydrogen-bond donors (Lipinski definition) is 0. The summed E-state index contributed by atoms with van der Waals surface area (Å²) < 4.78 is 5.10. The number of benzene rings is 1. The molecule has 0 saturated carbocycles. The van der Waals surface area contributed by atoms with E-state index in [1.165, 1.54) is 0 Å². The van der Waals surface area contributed by atoms with E-state index >= 15 is 0 Å². The molecule has 0 aliphatic carbocycles. The molecular formula is C13H12NO. The first-order chi connectivity index (χ1) is 7.38. The number of rotatable bonds is 3. The van der Waals surface area contributed by atoms with Crippen LogP contribution in [0.4, 0.5) is 0 Å². The minimum Gasteiger partial charge on any atom is -0.497 e. The highest BCUT2D eigenvalue weighted by atomic mass is 16.5. The minimum absolute atomic E-state index is 0.877. The van der Waals surface area contributed by atoms with E-state index in [1.807, 2.05) is 36.4 Å².